The summed E-state index contributed by atoms with van der Waals surface area (Å²) < 4.78 is 13.0. The van der Waals surface area contributed by atoms with Crippen LogP contribution in [0.15, 0.2) is 48.5 Å². The van der Waals surface area contributed by atoms with Crippen LogP contribution in [0, 0.1) is 11.7 Å². The summed E-state index contributed by atoms with van der Waals surface area (Å²) in [5.74, 6) is -0.208. The zero-order valence-corrected chi connectivity index (χ0v) is 13.5. The topological polar surface area (TPSA) is 61.4 Å². The first-order valence-electron chi connectivity index (χ1n) is 8.33. The van der Waals surface area contributed by atoms with E-state index in [2.05, 4.69) is 10.6 Å². The number of carbonyl (C=O) groups excluding carboxylic acids is 2. The Morgan fingerprint density at radius 2 is 1.84 bits per heavy atom. The number of halogens is 1. The number of anilines is 2. The van der Waals surface area contributed by atoms with Gasteiger partial charge in [0.15, 0.2) is 0 Å². The summed E-state index contributed by atoms with van der Waals surface area (Å²) >= 11 is 0. The molecule has 1 heterocycles. The molecule has 1 saturated heterocycles. The maximum atomic E-state index is 13.0. The summed E-state index contributed by atoms with van der Waals surface area (Å²) in [6, 6.07) is 13.5. The number of carbonyl (C=O) groups is 2. The second-order valence-electron chi connectivity index (χ2n) is 6.42. The van der Waals surface area contributed by atoms with Gasteiger partial charge in [-0.1, -0.05) is 12.1 Å². The summed E-state index contributed by atoms with van der Waals surface area (Å²) in [5, 5.41) is 5.67. The lowest BCUT2D eigenvalue weighted by molar-refractivity contribution is -0.117. The fraction of sp³-hybridized carbons (Fsp3) is 0.263. The van der Waals surface area contributed by atoms with Crippen LogP contribution in [-0.4, -0.2) is 25.0 Å². The zero-order valence-electron chi connectivity index (χ0n) is 13.5. The Morgan fingerprint density at radius 1 is 1.12 bits per heavy atom. The van der Waals surface area contributed by atoms with E-state index in [0.717, 1.165) is 17.7 Å². The van der Waals surface area contributed by atoms with Gasteiger partial charge < -0.3 is 10.6 Å². The summed E-state index contributed by atoms with van der Waals surface area (Å²) in [6.07, 6.45) is 0.781. The molecule has 1 aliphatic heterocycles. The molecule has 0 aromatic heterocycles. The van der Waals surface area contributed by atoms with E-state index < -0.39 is 0 Å². The second-order valence-corrected chi connectivity index (χ2v) is 6.42. The van der Waals surface area contributed by atoms with E-state index in [-0.39, 0.29) is 29.6 Å². The Labute approximate surface area is 144 Å². The Morgan fingerprint density at radius 3 is 2.48 bits per heavy atom. The number of nitrogens with one attached hydrogen (secondary N) is 2. The van der Waals surface area contributed by atoms with E-state index in [4.69, 9.17) is 0 Å². The van der Waals surface area contributed by atoms with E-state index in [1.165, 1.54) is 12.1 Å². The Balaban J connectivity index is 1.37. The number of hydrogen-bond acceptors (Lipinski definition) is 2. The standard InChI is InChI=1S/C19H18FN3O2/c20-13-3-1-12(2-4-13)16-11-17(16)18(24)22-14-5-7-15(8-6-14)23-10-9-21-19(23)25/h1-8,16-17H,9-11H2,(H,21,25)(H,22,24). The van der Waals surface area contributed by atoms with Crippen molar-refractivity contribution < 1.29 is 14.0 Å². The van der Waals surface area contributed by atoms with Gasteiger partial charge in [-0.05, 0) is 54.3 Å². The van der Waals surface area contributed by atoms with Gasteiger partial charge in [0.2, 0.25) is 5.91 Å². The summed E-state index contributed by atoms with van der Waals surface area (Å²) in [4.78, 5) is 25.7. The highest BCUT2D eigenvalue weighted by atomic mass is 19.1. The van der Waals surface area contributed by atoms with Crippen molar-refractivity contribution in [1.29, 1.82) is 0 Å². The average Bonchev–Trinajstić information content (AvgIpc) is 3.31. The SMILES string of the molecule is O=C(Nc1ccc(N2CCNC2=O)cc1)C1CC1c1ccc(F)cc1. The third-order valence-corrected chi connectivity index (χ3v) is 4.73. The fourth-order valence-corrected chi connectivity index (χ4v) is 3.24. The van der Waals surface area contributed by atoms with Crippen molar-refractivity contribution in [1.82, 2.24) is 5.32 Å². The largest absolute Gasteiger partial charge is 0.336 e. The maximum absolute atomic E-state index is 13.0. The Bertz CT molecular complexity index is 804. The van der Waals surface area contributed by atoms with Crippen LogP contribution in [0.25, 0.3) is 0 Å². The van der Waals surface area contributed by atoms with Gasteiger partial charge in [0.25, 0.3) is 0 Å². The highest BCUT2D eigenvalue weighted by molar-refractivity contribution is 5.96. The van der Waals surface area contributed by atoms with Crippen molar-refractivity contribution in [3.8, 4) is 0 Å². The van der Waals surface area contributed by atoms with Crippen molar-refractivity contribution in [3.63, 3.8) is 0 Å². The van der Waals surface area contributed by atoms with E-state index in [9.17, 15) is 14.0 Å². The molecule has 2 fully saturated rings. The first-order valence-corrected chi connectivity index (χ1v) is 8.33. The number of urea groups is 1. The monoisotopic (exact) mass is 339 g/mol. The molecule has 2 atom stereocenters. The number of amides is 3. The molecule has 1 aliphatic carbocycles. The van der Waals surface area contributed by atoms with E-state index in [1.807, 2.05) is 12.1 Å². The van der Waals surface area contributed by atoms with E-state index in [0.29, 0.717) is 18.8 Å². The predicted octanol–water partition coefficient (Wildman–Crippen LogP) is 3.10. The fourth-order valence-electron chi connectivity index (χ4n) is 3.24. The molecule has 0 radical (unpaired) electrons. The zero-order chi connectivity index (χ0) is 17.4. The smallest absolute Gasteiger partial charge is 0.321 e. The molecule has 0 bridgehead atoms. The molecular formula is C19H18FN3O2. The first-order chi connectivity index (χ1) is 12.1. The molecule has 128 valence electrons. The van der Waals surface area contributed by atoms with Gasteiger partial charge in [0, 0.05) is 30.4 Å². The van der Waals surface area contributed by atoms with Crippen molar-refractivity contribution in [2.24, 2.45) is 5.92 Å². The van der Waals surface area contributed by atoms with Gasteiger partial charge in [0.05, 0.1) is 0 Å². The Kier molecular flexibility index (Phi) is 3.87. The molecule has 0 spiro atoms. The van der Waals surface area contributed by atoms with Crippen LogP contribution >= 0.6 is 0 Å². The molecule has 5 nitrogen and oxygen atoms in total. The number of rotatable bonds is 4. The van der Waals surface area contributed by atoms with Crippen LogP contribution in [0.1, 0.15) is 17.9 Å². The van der Waals surface area contributed by atoms with Gasteiger partial charge in [-0.25, -0.2) is 9.18 Å². The molecule has 2 unspecified atom stereocenters. The van der Waals surface area contributed by atoms with Gasteiger partial charge in [0.1, 0.15) is 5.82 Å². The third kappa shape index (κ3) is 3.20. The highest BCUT2D eigenvalue weighted by Gasteiger charge is 2.43. The molecule has 4 rings (SSSR count). The first kappa shape index (κ1) is 15.6. The number of hydrogen-bond donors (Lipinski definition) is 2. The lowest BCUT2D eigenvalue weighted by Crippen LogP contribution is -2.27. The van der Waals surface area contributed by atoms with Crippen molar-refractivity contribution in [2.45, 2.75) is 12.3 Å². The van der Waals surface area contributed by atoms with Gasteiger partial charge >= 0.3 is 6.03 Å². The molecule has 25 heavy (non-hydrogen) atoms. The van der Waals surface area contributed by atoms with E-state index in [1.54, 1.807) is 29.2 Å². The lowest BCUT2D eigenvalue weighted by Gasteiger charge is -2.14. The average molecular weight is 339 g/mol. The normalized spacial score (nSPS) is 21.8. The highest BCUT2D eigenvalue weighted by Crippen LogP contribution is 2.48. The lowest BCUT2D eigenvalue weighted by atomic mass is 10.1. The van der Waals surface area contributed by atoms with Crippen LogP contribution < -0.4 is 15.5 Å². The molecule has 2 N–H and O–H groups in total. The molecule has 6 heteroatoms. The van der Waals surface area contributed by atoms with E-state index >= 15 is 0 Å². The van der Waals surface area contributed by atoms with Gasteiger partial charge in [-0.15, -0.1) is 0 Å². The molecule has 3 amide bonds. The van der Waals surface area contributed by atoms with Crippen molar-refractivity contribution in [3.05, 3.63) is 59.9 Å². The summed E-state index contributed by atoms with van der Waals surface area (Å²) in [7, 11) is 0. The molecule has 2 aliphatic rings. The van der Waals surface area contributed by atoms with Crippen LogP contribution in [0.4, 0.5) is 20.6 Å². The van der Waals surface area contributed by atoms with Gasteiger partial charge in [-0.3, -0.25) is 9.69 Å². The third-order valence-electron chi connectivity index (χ3n) is 4.73. The maximum Gasteiger partial charge on any atom is 0.321 e. The number of benzene rings is 2. The van der Waals surface area contributed by atoms with Crippen LogP contribution in [-0.2, 0) is 4.79 Å². The summed E-state index contributed by atoms with van der Waals surface area (Å²) in [5.41, 5.74) is 2.51. The Hall–Kier alpha value is -2.89. The molecular weight excluding hydrogens is 321 g/mol. The van der Waals surface area contributed by atoms with Crippen molar-refractivity contribution >= 4 is 23.3 Å². The molecule has 1 saturated carbocycles. The van der Waals surface area contributed by atoms with Crippen molar-refractivity contribution in [2.75, 3.05) is 23.3 Å². The minimum absolute atomic E-state index is 0.0269. The molecule has 2 aromatic carbocycles. The van der Waals surface area contributed by atoms with Gasteiger partial charge in [-0.2, -0.15) is 0 Å². The van der Waals surface area contributed by atoms with Crippen LogP contribution in [0.5, 0.6) is 0 Å². The predicted molar refractivity (Wildman–Crippen MR) is 93.1 cm³/mol. The minimum atomic E-state index is -0.267. The number of nitrogens with zero attached hydrogens (tertiary/aromatic N) is 1. The quantitative estimate of drug-likeness (QED) is 0.899. The van der Waals surface area contributed by atoms with Crippen LogP contribution in [0.3, 0.4) is 0 Å². The van der Waals surface area contributed by atoms with Crippen LogP contribution in [0.2, 0.25) is 0 Å². The second kappa shape index (κ2) is 6.20. The summed E-state index contributed by atoms with van der Waals surface area (Å²) in [6.45, 7) is 1.29. The molecule has 2 aromatic rings. The minimum Gasteiger partial charge on any atom is -0.336 e.